The Bertz CT molecular complexity index is 1060. The predicted molar refractivity (Wildman–Crippen MR) is 102 cm³/mol. The van der Waals surface area contributed by atoms with Crippen molar-refractivity contribution >= 4 is 0 Å². The summed E-state index contributed by atoms with van der Waals surface area (Å²) in [6.45, 7) is 6.09. The lowest BCUT2D eigenvalue weighted by Crippen LogP contribution is -2.21. The van der Waals surface area contributed by atoms with E-state index in [0.717, 1.165) is 22.8 Å². The maximum Gasteiger partial charge on any atom is 0.252 e. The Labute approximate surface area is 152 Å². The molecule has 0 saturated carbocycles. The summed E-state index contributed by atoms with van der Waals surface area (Å²) in [6.07, 6.45) is 1.69. The van der Waals surface area contributed by atoms with Crippen LogP contribution in [0.25, 0.3) is 5.69 Å². The Hall–Kier alpha value is -3.10. The van der Waals surface area contributed by atoms with Crippen LogP contribution in [-0.4, -0.2) is 25.8 Å². The van der Waals surface area contributed by atoms with Crippen molar-refractivity contribution in [3.8, 4) is 17.5 Å². The molecule has 2 aromatic heterocycles. The number of rotatable bonds is 3. The van der Waals surface area contributed by atoms with Crippen molar-refractivity contribution in [2.24, 2.45) is 0 Å². The third-order valence-corrected chi connectivity index (χ3v) is 4.20. The number of imidazole rings is 1. The number of nitrogens with zero attached hydrogens (tertiary/aromatic N) is 3. The normalized spacial score (nSPS) is 10.5. The molecule has 0 saturated heterocycles. The van der Waals surface area contributed by atoms with Gasteiger partial charge in [-0.2, -0.15) is 0 Å². The molecule has 132 valence electrons. The van der Waals surface area contributed by atoms with E-state index in [-0.39, 0.29) is 18.7 Å². The lowest BCUT2D eigenvalue weighted by molar-refractivity contribution is 0.274. The fraction of sp³-hybridized carbons (Fsp3) is 0.238. The fourth-order valence-electron chi connectivity index (χ4n) is 2.92. The van der Waals surface area contributed by atoms with Crippen LogP contribution in [0.2, 0.25) is 0 Å². The van der Waals surface area contributed by atoms with Gasteiger partial charge >= 0.3 is 0 Å². The Kier molecular flexibility index (Phi) is 5.06. The van der Waals surface area contributed by atoms with E-state index in [1.165, 1.54) is 10.1 Å². The monoisotopic (exact) mass is 347 g/mol. The van der Waals surface area contributed by atoms with Crippen molar-refractivity contribution in [3.63, 3.8) is 0 Å². The zero-order chi connectivity index (χ0) is 18.7. The fourth-order valence-corrected chi connectivity index (χ4v) is 2.92. The van der Waals surface area contributed by atoms with Gasteiger partial charge < -0.3 is 9.67 Å². The summed E-state index contributed by atoms with van der Waals surface area (Å²) in [5, 5.41) is 9.00. The first-order valence-corrected chi connectivity index (χ1v) is 8.46. The molecule has 0 aliphatic carbocycles. The van der Waals surface area contributed by atoms with E-state index in [4.69, 9.17) is 5.11 Å². The van der Waals surface area contributed by atoms with Crippen LogP contribution in [0.3, 0.4) is 0 Å². The SMILES string of the molecule is Cc1cccc(C#Cc2nc(C)n(-c3ccn(CCO)c(=O)c3)c2C)c1. The summed E-state index contributed by atoms with van der Waals surface area (Å²) < 4.78 is 3.40. The van der Waals surface area contributed by atoms with E-state index in [0.29, 0.717) is 5.69 Å². The maximum atomic E-state index is 12.2. The smallest absolute Gasteiger partial charge is 0.252 e. The lowest BCUT2D eigenvalue weighted by atomic mass is 10.1. The molecule has 2 heterocycles. The van der Waals surface area contributed by atoms with Crippen molar-refractivity contribution in [2.45, 2.75) is 27.3 Å². The molecule has 0 bridgehead atoms. The van der Waals surface area contributed by atoms with Gasteiger partial charge in [0.05, 0.1) is 18.0 Å². The van der Waals surface area contributed by atoms with Gasteiger partial charge in [0, 0.05) is 24.4 Å². The topological polar surface area (TPSA) is 60.1 Å². The molecule has 5 heteroatoms. The second kappa shape index (κ2) is 7.42. The van der Waals surface area contributed by atoms with Crippen molar-refractivity contribution < 1.29 is 5.11 Å². The highest BCUT2D eigenvalue weighted by atomic mass is 16.3. The molecule has 0 radical (unpaired) electrons. The summed E-state index contributed by atoms with van der Waals surface area (Å²) in [5.74, 6) is 7.06. The third-order valence-electron chi connectivity index (χ3n) is 4.20. The van der Waals surface area contributed by atoms with Crippen LogP contribution in [0.4, 0.5) is 0 Å². The van der Waals surface area contributed by atoms with Gasteiger partial charge in [-0.25, -0.2) is 4.98 Å². The minimum Gasteiger partial charge on any atom is -0.395 e. The second-order valence-corrected chi connectivity index (χ2v) is 6.19. The Morgan fingerprint density at radius 1 is 1.12 bits per heavy atom. The Morgan fingerprint density at radius 3 is 2.62 bits per heavy atom. The van der Waals surface area contributed by atoms with Crippen LogP contribution >= 0.6 is 0 Å². The molecule has 0 spiro atoms. The summed E-state index contributed by atoms with van der Waals surface area (Å²) in [6, 6.07) is 11.4. The Balaban J connectivity index is 1.99. The molecule has 1 aromatic carbocycles. The molecule has 0 fully saturated rings. The van der Waals surface area contributed by atoms with Gasteiger partial charge in [-0.3, -0.25) is 9.36 Å². The minimum absolute atomic E-state index is 0.0684. The molecule has 0 unspecified atom stereocenters. The molecule has 3 aromatic rings. The molecule has 0 aliphatic heterocycles. The van der Waals surface area contributed by atoms with Gasteiger partial charge in [0.1, 0.15) is 11.5 Å². The number of hydrogen-bond donors (Lipinski definition) is 1. The number of pyridine rings is 1. The van der Waals surface area contributed by atoms with E-state index in [1.807, 2.05) is 55.7 Å². The number of aryl methyl sites for hydroxylation is 2. The molecule has 5 nitrogen and oxygen atoms in total. The van der Waals surface area contributed by atoms with E-state index in [1.54, 1.807) is 12.3 Å². The van der Waals surface area contributed by atoms with Gasteiger partial charge in [-0.05, 0) is 50.5 Å². The molecular weight excluding hydrogens is 326 g/mol. The molecule has 3 rings (SSSR count). The van der Waals surface area contributed by atoms with Crippen molar-refractivity contribution in [1.82, 2.24) is 14.1 Å². The molecule has 0 atom stereocenters. The van der Waals surface area contributed by atoms with E-state index in [9.17, 15) is 4.79 Å². The van der Waals surface area contributed by atoms with Crippen LogP contribution < -0.4 is 5.56 Å². The average molecular weight is 347 g/mol. The molecule has 1 N–H and O–H groups in total. The summed E-state index contributed by atoms with van der Waals surface area (Å²) in [4.78, 5) is 16.7. The zero-order valence-electron chi connectivity index (χ0n) is 15.2. The number of benzene rings is 1. The largest absolute Gasteiger partial charge is 0.395 e. The van der Waals surface area contributed by atoms with Crippen LogP contribution in [-0.2, 0) is 6.54 Å². The number of aromatic nitrogens is 3. The van der Waals surface area contributed by atoms with Crippen LogP contribution in [0.15, 0.2) is 47.4 Å². The summed E-state index contributed by atoms with van der Waals surface area (Å²) in [7, 11) is 0. The van der Waals surface area contributed by atoms with Crippen molar-refractivity contribution in [3.05, 3.63) is 81.3 Å². The van der Waals surface area contributed by atoms with Crippen LogP contribution in [0.5, 0.6) is 0 Å². The third kappa shape index (κ3) is 3.61. The van der Waals surface area contributed by atoms with E-state index in [2.05, 4.69) is 16.8 Å². The van der Waals surface area contributed by atoms with E-state index >= 15 is 0 Å². The highest BCUT2D eigenvalue weighted by molar-refractivity contribution is 5.46. The molecular formula is C21H21N3O2. The highest BCUT2D eigenvalue weighted by Crippen LogP contribution is 2.16. The first-order chi connectivity index (χ1) is 12.5. The number of aliphatic hydroxyl groups is 1. The molecule has 26 heavy (non-hydrogen) atoms. The number of aliphatic hydroxyl groups excluding tert-OH is 1. The van der Waals surface area contributed by atoms with Gasteiger partial charge in [-0.15, -0.1) is 0 Å². The van der Waals surface area contributed by atoms with Crippen molar-refractivity contribution in [2.75, 3.05) is 6.61 Å². The van der Waals surface area contributed by atoms with Crippen LogP contribution in [0, 0.1) is 32.6 Å². The van der Waals surface area contributed by atoms with Crippen LogP contribution in [0.1, 0.15) is 28.3 Å². The predicted octanol–water partition coefficient (Wildman–Crippen LogP) is 2.35. The van der Waals surface area contributed by atoms with Gasteiger partial charge in [-0.1, -0.05) is 18.1 Å². The standard InChI is InChI=1S/C21H21N3O2/c1-15-5-4-6-18(13-15)7-8-20-16(2)24(17(3)22-20)19-9-10-23(11-12-25)21(26)14-19/h4-6,9-10,13-14,25H,11-12H2,1-3H3. The van der Waals surface area contributed by atoms with Gasteiger partial charge in [0.25, 0.3) is 5.56 Å². The van der Waals surface area contributed by atoms with Gasteiger partial charge in [0.15, 0.2) is 0 Å². The second-order valence-electron chi connectivity index (χ2n) is 6.19. The molecule has 0 amide bonds. The quantitative estimate of drug-likeness (QED) is 0.740. The van der Waals surface area contributed by atoms with Gasteiger partial charge in [0.2, 0.25) is 0 Å². The first-order valence-electron chi connectivity index (χ1n) is 8.46. The maximum absolute atomic E-state index is 12.2. The zero-order valence-corrected chi connectivity index (χ0v) is 15.2. The average Bonchev–Trinajstić information content (AvgIpc) is 2.89. The first kappa shape index (κ1) is 17.7. The van der Waals surface area contributed by atoms with Crippen molar-refractivity contribution in [1.29, 1.82) is 0 Å². The highest BCUT2D eigenvalue weighted by Gasteiger charge is 2.12. The lowest BCUT2D eigenvalue weighted by Gasteiger charge is -2.09. The summed E-state index contributed by atoms with van der Waals surface area (Å²) in [5.41, 5.74) is 4.29. The van der Waals surface area contributed by atoms with E-state index < -0.39 is 0 Å². The summed E-state index contributed by atoms with van der Waals surface area (Å²) >= 11 is 0. The number of hydrogen-bond acceptors (Lipinski definition) is 3. The Morgan fingerprint density at radius 2 is 1.92 bits per heavy atom. The molecule has 0 aliphatic rings. The minimum atomic E-state index is -0.156.